The molecule has 3 nitrogen and oxygen atoms in total. The summed E-state index contributed by atoms with van der Waals surface area (Å²) in [5.74, 6) is 0. The molecular formula is HO3STl. The van der Waals surface area contributed by atoms with Crippen molar-refractivity contribution in [3.05, 3.63) is 0 Å². The van der Waals surface area contributed by atoms with Gasteiger partial charge in [0.15, 0.2) is 0 Å². The molecule has 0 aromatic rings. The second-order valence-corrected chi connectivity index (χ2v) is 3.18. The Morgan fingerprint density at radius 3 is 2.20 bits per heavy atom. The summed E-state index contributed by atoms with van der Waals surface area (Å²) in [5.41, 5.74) is 0. The molecule has 0 aromatic heterocycles. The van der Waals surface area contributed by atoms with Crippen LogP contribution < -0.4 is 0 Å². The van der Waals surface area contributed by atoms with Crippen molar-refractivity contribution in [1.29, 1.82) is 0 Å². The second kappa shape index (κ2) is 3.19. The average molecular weight is 285 g/mol. The van der Waals surface area contributed by atoms with Gasteiger partial charge >= 0.3 is 48.5 Å². The van der Waals surface area contributed by atoms with Gasteiger partial charge in [0.05, 0.1) is 0 Å². The zero-order valence-corrected chi connectivity index (χ0v) is 7.55. The Bertz CT molecular complexity index is 42.2. The SMILES string of the molecule is O=S(O)[O][Tl]. The van der Waals surface area contributed by atoms with Crippen LogP contribution in [-0.4, -0.2) is 35.0 Å². The van der Waals surface area contributed by atoms with E-state index in [1.165, 1.54) is 0 Å². The van der Waals surface area contributed by atoms with Crippen molar-refractivity contribution in [3.8, 4) is 0 Å². The standard InChI is InChI=1S/H2O3S.Tl/c1-4(2)3;/h(H2,1,2,3);/q;+1/p-1. The average Bonchev–Trinajstić information content (AvgIpc) is 1.38. The fourth-order valence-corrected chi connectivity index (χ4v) is 0. The molecule has 0 bridgehead atoms. The summed E-state index contributed by atoms with van der Waals surface area (Å²) in [4.78, 5) is 0. The van der Waals surface area contributed by atoms with Crippen molar-refractivity contribution in [2.45, 2.75) is 0 Å². The van der Waals surface area contributed by atoms with Crippen molar-refractivity contribution in [2.24, 2.45) is 0 Å². The molecule has 0 aliphatic rings. The van der Waals surface area contributed by atoms with Gasteiger partial charge in [0, 0.05) is 0 Å². The molecule has 0 amide bonds. The zero-order valence-electron chi connectivity index (χ0n) is 2.25. The predicted octanol–water partition coefficient (Wildman–Crippen LogP) is -0.777. The van der Waals surface area contributed by atoms with Crippen LogP contribution in [0.25, 0.3) is 0 Å². The van der Waals surface area contributed by atoms with Gasteiger partial charge in [-0.1, -0.05) is 0 Å². The van der Waals surface area contributed by atoms with Crippen LogP contribution in [-0.2, 0) is 13.5 Å². The fraction of sp³-hybridized carbons (Fsp3) is 0. The number of hydrogen-bond donors (Lipinski definition) is 1. The molecule has 0 saturated carbocycles. The van der Waals surface area contributed by atoms with E-state index in [0.717, 1.165) is 0 Å². The summed E-state index contributed by atoms with van der Waals surface area (Å²) in [6.45, 7) is 0. The van der Waals surface area contributed by atoms with Gasteiger partial charge in [0.25, 0.3) is 0 Å². The zero-order chi connectivity index (χ0) is 4.28. The van der Waals surface area contributed by atoms with E-state index in [1.807, 2.05) is 0 Å². The quantitative estimate of drug-likeness (QED) is 0.508. The van der Waals surface area contributed by atoms with Gasteiger partial charge in [-0.25, -0.2) is 0 Å². The third-order valence-electron chi connectivity index (χ3n) is 0.0823. The summed E-state index contributed by atoms with van der Waals surface area (Å²) in [6.07, 6.45) is 0. The Morgan fingerprint density at radius 1 is 2.00 bits per heavy atom. The molecule has 0 heterocycles. The minimum atomic E-state index is -2.00. The fourth-order valence-electron chi connectivity index (χ4n) is 0. The first-order chi connectivity index (χ1) is 2.27. The maximum atomic E-state index is 9.30. The van der Waals surface area contributed by atoms with Crippen LogP contribution >= 0.6 is 0 Å². The molecule has 0 spiro atoms. The molecule has 0 rings (SSSR count). The van der Waals surface area contributed by atoms with Gasteiger partial charge in [0.1, 0.15) is 0 Å². The van der Waals surface area contributed by atoms with Crippen LogP contribution in [0, 0.1) is 0 Å². The molecule has 0 aliphatic heterocycles. The minimum absolute atomic E-state index is 0.158. The van der Waals surface area contributed by atoms with E-state index in [4.69, 9.17) is 4.55 Å². The topological polar surface area (TPSA) is 46.5 Å². The van der Waals surface area contributed by atoms with Crippen LogP contribution in [0.4, 0.5) is 0 Å². The molecule has 5 heavy (non-hydrogen) atoms. The van der Waals surface area contributed by atoms with Crippen LogP contribution in [0.2, 0.25) is 0 Å². The van der Waals surface area contributed by atoms with Crippen molar-refractivity contribution in [1.82, 2.24) is 0 Å². The third-order valence-corrected chi connectivity index (χ3v) is 2.17. The molecule has 0 fully saturated rings. The molecule has 0 saturated heterocycles. The Kier molecular flexibility index (Phi) is 3.83. The molecule has 1 atom stereocenters. The maximum absolute atomic E-state index is 9.30. The van der Waals surface area contributed by atoms with Gasteiger partial charge in [-0.15, -0.1) is 0 Å². The summed E-state index contributed by atoms with van der Waals surface area (Å²) in [7, 11) is 0. The van der Waals surface area contributed by atoms with Gasteiger partial charge in [0.2, 0.25) is 0 Å². The van der Waals surface area contributed by atoms with E-state index < -0.39 is 11.4 Å². The number of rotatable bonds is 1. The number of hydrogen-bond acceptors (Lipinski definition) is 2. The monoisotopic (exact) mass is 286 g/mol. The molecule has 0 radical (unpaired) electrons. The summed E-state index contributed by atoms with van der Waals surface area (Å²) in [5, 5.41) is 0. The first kappa shape index (κ1) is 5.99. The van der Waals surface area contributed by atoms with Gasteiger partial charge in [-0.3, -0.25) is 0 Å². The molecular weight excluding hydrogens is 284 g/mol. The van der Waals surface area contributed by atoms with Crippen molar-refractivity contribution in [3.63, 3.8) is 0 Å². The third kappa shape index (κ3) is 4.99. The summed E-state index contributed by atoms with van der Waals surface area (Å²) in [6, 6.07) is 0. The van der Waals surface area contributed by atoms with E-state index >= 15 is 0 Å². The van der Waals surface area contributed by atoms with Crippen molar-refractivity contribution >= 4 is 37.6 Å². The Balaban J connectivity index is 2.85. The molecule has 5 heteroatoms. The van der Waals surface area contributed by atoms with E-state index in [2.05, 4.69) is 2.13 Å². The van der Waals surface area contributed by atoms with E-state index in [-0.39, 0.29) is 26.2 Å². The second-order valence-electron chi connectivity index (χ2n) is 0.313. The summed E-state index contributed by atoms with van der Waals surface area (Å²) < 4.78 is 20.9. The van der Waals surface area contributed by atoms with Gasteiger partial charge in [-0.2, -0.15) is 0 Å². The Morgan fingerprint density at radius 2 is 2.20 bits per heavy atom. The molecule has 0 aliphatic carbocycles. The molecule has 0 aromatic carbocycles. The molecule has 1 N–H and O–H groups in total. The van der Waals surface area contributed by atoms with E-state index in [9.17, 15) is 4.21 Å². The first-order valence-corrected chi connectivity index (χ1v) is 3.62. The van der Waals surface area contributed by atoms with Crippen molar-refractivity contribution in [2.75, 3.05) is 0 Å². The van der Waals surface area contributed by atoms with Gasteiger partial charge in [-0.05, 0) is 0 Å². The Labute approximate surface area is 48.5 Å². The van der Waals surface area contributed by atoms with Crippen molar-refractivity contribution < 1.29 is 10.9 Å². The van der Waals surface area contributed by atoms with E-state index in [1.54, 1.807) is 0 Å². The van der Waals surface area contributed by atoms with Crippen LogP contribution in [0.5, 0.6) is 0 Å². The van der Waals surface area contributed by atoms with Gasteiger partial charge < -0.3 is 0 Å². The van der Waals surface area contributed by atoms with Crippen LogP contribution in [0.1, 0.15) is 0 Å². The Hall–Kier alpha value is 0.992. The first-order valence-electron chi connectivity index (χ1n) is 0.752. The van der Waals surface area contributed by atoms with E-state index in [0.29, 0.717) is 0 Å². The predicted molar refractivity (Wildman–Crippen MR) is 17.6 cm³/mol. The molecule has 1 unspecified atom stereocenters. The summed E-state index contributed by atoms with van der Waals surface area (Å²) >= 11 is -1.84. The molecule has 28 valence electrons. The van der Waals surface area contributed by atoms with Crippen LogP contribution in [0.3, 0.4) is 0 Å². The normalized spacial score (nSPS) is 14.4. The van der Waals surface area contributed by atoms with Crippen LogP contribution in [0.15, 0.2) is 0 Å².